The van der Waals surface area contributed by atoms with E-state index < -0.39 is 0 Å². The lowest BCUT2D eigenvalue weighted by Gasteiger charge is -2.32. The first-order chi connectivity index (χ1) is 18.2. The highest BCUT2D eigenvalue weighted by molar-refractivity contribution is 6.00. The SMILES string of the molecule is COc1cccc(-c2nn(Cc3ccccc3)cc2C(=O)N2CCCC(c3nnc4ccccn34)C2)c1. The van der Waals surface area contributed by atoms with Crippen molar-refractivity contribution < 1.29 is 9.53 Å². The number of hydrogen-bond donors (Lipinski definition) is 0. The summed E-state index contributed by atoms with van der Waals surface area (Å²) in [5.41, 5.74) is 4.05. The third kappa shape index (κ3) is 4.58. The van der Waals surface area contributed by atoms with Gasteiger partial charge in [-0.15, -0.1) is 10.2 Å². The van der Waals surface area contributed by atoms with Gasteiger partial charge in [0.05, 0.1) is 19.2 Å². The first-order valence-electron chi connectivity index (χ1n) is 12.5. The molecule has 0 radical (unpaired) electrons. The van der Waals surface area contributed by atoms with Gasteiger partial charge in [-0.3, -0.25) is 13.9 Å². The van der Waals surface area contributed by atoms with E-state index in [2.05, 4.69) is 22.3 Å². The summed E-state index contributed by atoms with van der Waals surface area (Å²) >= 11 is 0. The van der Waals surface area contributed by atoms with Gasteiger partial charge in [-0.1, -0.05) is 48.5 Å². The van der Waals surface area contributed by atoms with Crippen LogP contribution in [0.5, 0.6) is 5.75 Å². The number of carbonyl (C=O) groups excluding carboxylic acids is 1. The monoisotopic (exact) mass is 492 g/mol. The molecular formula is C29H28N6O2. The van der Waals surface area contributed by atoms with Crippen LogP contribution < -0.4 is 4.74 Å². The van der Waals surface area contributed by atoms with Crippen molar-refractivity contribution >= 4 is 11.6 Å². The minimum Gasteiger partial charge on any atom is -0.497 e. The van der Waals surface area contributed by atoms with Crippen molar-refractivity contribution in [2.45, 2.75) is 25.3 Å². The van der Waals surface area contributed by atoms with Crippen molar-refractivity contribution in [3.63, 3.8) is 0 Å². The zero-order chi connectivity index (χ0) is 25.2. The standard InChI is InChI=1S/C29H28N6O2/c1-37-24-13-7-11-22(17-24)27-25(20-34(32-27)18-21-9-3-2-4-10-21)29(36)33-15-8-12-23(19-33)28-31-30-26-14-5-6-16-35(26)28/h2-7,9-11,13-14,16-17,20,23H,8,12,15,18-19H2,1H3. The fraction of sp³-hybridized carbons (Fsp3) is 0.241. The Kier molecular flexibility index (Phi) is 6.14. The van der Waals surface area contributed by atoms with Crippen LogP contribution in [-0.2, 0) is 6.54 Å². The second-order valence-corrected chi connectivity index (χ2v) is 9.38. The summed E-state index contributed by atoms with van der Waals surface area (Å²) in [7, 11) is 1.64. The van der Waals surface area contributed by atoms with Gasteiger partial charge in [0, 0.05) is 37.0 Å². The van der Waals surface area contributed by atoms with Gasteiger partial charge in [0.2, 0.25) is 0 Å². The predicted molar refractivity (Wildman–Crippen MR) is 141 cm³/mol. The number of pyridine rings is 1. The number of fused-ring (bicyclic) bond motifs is 1. The van der Waals surface area contributed by atoms with Crippen molar-refractivity contribution in [2.75, 3.05) is 20.2 Å². The Morgan fingerprint density at radius 2 is 1.89 bits per heavy atom. The van der Waals surface area contributed by atoms with Crippen LogP contribution in [0.4, 0.5) is 0 Å². The first kappa shape index (κ1) is 23.0. The van der Waals surface area contributed by atoms with Crippen LogP contribution >= 0.6 is 0 Å². The normalized spacial score (nSPS) is 15.7. The van der Waals surface area contributed by atoms with Crippen molar-refractivity contribution in [2.24, 2.45) is 0 Å². The average Bonchev–Trinajstić information content (AvgIpc) is 3.58. The number of piperidine rings is 1. The molecule has 1 atom stereocenters. The van der Waals surface area contributed by atoms with Crippen molar-refractivity contribution in [1.29, 1.82) is 0 Å². The highest BCUT2D eigenvalue weighted by Crippen LogP contribution is 2.31. The Morgan fingerprint density at radius 1 is 1.03 bits per heavy atom. The number of likely N-dealkylation sites (tertiary alicyclic amines) is 1. The smallest absolute Gasteiger partial charge is 0.257 e. The maximum absolute atomic E-state index is 14.0. The highest BCUT2D eigenvalue weighted by Gasteiger charge is 2.30. The number of nitrogens with zero attached hydrogens (tertiary/aromatic N) is 6. The van der Waals surface area contributed by atoms with E-state index in [1.807, 2.05) is 87.0 Å². The van der Waals surface area contributed by atoms with Crippen molar-refractivity contribution in [1.82, 2.24) is 29.3 Å². The second-order valence-electron chi connectivity index (χ2n) is 9.38. The molecule has 0 bridgehead atoms. The minimum atomic E-state index is -0.0179. The molecule has 2 aromatic carbocycles. The van der Waals surface area contributed by atoms with E-state index in [0.29, 0.717) is 30.9 Å². The zero-order valence-corrected chi connectivity index (χ0v) is 20.7. The van der Waals surface area contributed by atoms with E-state index in [0.717, 1.165) is 41.2 Å². The van der Waals surface area contributed by atoms with Gasteiger partial charge in [0.1, 0.15) is 17.3 Å². The molecule has 0 saturated carbocycles. The Balaban J connectivity index is 1.33. The molecule has 0 spiro atoms. The molecule has 3 aromatic heterocycles. The fourth-order valence-corrected chi connectivity index (χ4v) is 5.09. The lowest BCUT2D eigenvalue weighted by Crippen LogP contribution is -2.39. The molecule has 0 N–H and O–H groups in total. The van der Waals surface area contributed by atoms with E-state index >= 15 is 0 Å². The second kappa shape index (κ2) is 9.89. The summed E-state index contributed by atoms with van der Waals surface area (Å²) in [5.74, 6) is 1.73. The molecule has 1 aliphatic rings. The summed E-state index contributed by atoms with van der Waals surface area (Å²) in [6.07, 6.45) is 5.74. The zero-order valence-electron chi connectivity index (χ0n) is 20.7. The molecular weight excluding hydrogens is 464 g/mol. The topological polar surface area (TPSA) is 77.6 Å². The molecule has 6 rings (SSSR count). The molecule has 4 heterocycles. The van der Waals surface area contributed by atoms with Crippen LogP contribution in [0.3, 0.4) is 0 Å². The molecule has 0 aliphatic carbocycles. The molecule has 186 valence electrons. The maximum atomic E-state index is 14.0. The number of ether oxygens (including phenoxy) is 1. The number of methoxy groups -OCH3 is 1. The van der Waals surface area contributed by atoms with Gasteiger partial charge in [-0.05, 0) is 42.7 Å². The lowest BCUT2D eigenvalue weighted by molar-refractivity contribution is 0.0705. The quantitative estimate of drug-likeness (QED) is 0.344. The summed E-state index contributed by atoms with van der Waals surface area (Å²) in [6, 6.07) is 23.7. The van der Waals surface area contributed by atoms with E-state index in [1.54, 1.807) is 7.11 Å². The summed E-state index contributed by atoms with van der Waals surface area (Å²) < 4.78 is 9.32. The highest BCUT2D eigenvalue weighted by atomic mass is 16.5. The maximum Gasteiger partial charge on any atom is 0.257 e. The Morgan fingerprint density at radius 3 is 2.76 bits per heavy atom. The average molecular weight is 493 g/mol. The number of benzene rings is 2. The van der Waals surface area contributed by atoms with Gasteiger partial charge >= 0.3 is 0 Å². The van der Waals surface area contributed by atoms with E-state index in [-0.39, 0.29) is 11.8 Å². The number of hydrogen-bond acceptors (Lipinski definition) is 5. The molecule has 1 fully saturated rings. The van der Waals surface area contributed by atoms with Gasteiger partial charge in [-0.25, -0.2) is 0 Å². The molecule has 1 amide bonds. The molecule has 37 heavy (non-hydrogen) atoms. The number of aromatic nitrogens is 5. The van der Waals surface area contributed by atoms with E-state index in [9.17, 15) is 4.79 Å². The summed E-state index contributed by atoms with van der Waals surface area (Å²) in [4.78, 5) is 15.9. The van der Waals surface area contributed by atoms with Crippen LogP contribution in [0.2, 0.25) is 0 Å². The number of amides is 1. The first-order valence-corrected chi connectivity index (χ1v) is 12.5. The predicted octanol–water partition coefficient (Wildman–Crippen LogP) is 4.67. The molecule has 1 aliphatic heterocycles. The van der Waals surface area contributed by atoms with Crippen molar-refractivity contribution in [3.8, 4) is 17.0 Å². The van der Waals surface area contributed by atoms with Crippen molar-refractivity contribution in [3.05, 3.63) is 102 Å². The lowest BCUT2D eigenvalue weighted by atomic mass is 9.96. The van der Waals surface area contributed by atoms with Gasteiger partial charge in [0.25, 0.3) is 5.91 Å². The molecule has 8 heteroatoms. The Hall–Kier alpha value is -4.46. The van der Waals surface area contributed by atoms with Crippen LogP contribution in [0.25, 0.3) is 16.9 Å². The van der Waals surface area contributed by atoms with Crippen LogP contribution in [0.15, 0.2) is 85.2 Å². The number of carbonyl (C=O) groups is 1. The van der Waals surface area contributed by atoms with E-state index in [4.69, 9.17) is 9.84 Å². The molecule has 5 aromatic rings. The fourth-order valence-electron chi connectivity index (χ4n) is 5.09. The van der Waals surface area contributed by atoms with Gasteiger partial charge in [-0.2, -0.15) is 5.10 Å². The summed E-state index contributed by atoms with van der Waals surface area (Å²) in [5, 5.41) is 13.6. The van der Waals surface area contributed by atoms with Crippen LogP contribution in [0.1, 0.15) is 40.5 Å². The van der Waals surface area contributed by atoms with Crippen LogP contribution in [0, 0.1) is 0 Å². The minimum absolute atomic E-state index is 0.0179. The molecule has 1 unspecified atom stereocenters. The third-order valence-corrected chi connectivity index (χ3v) is 6.94. The number of rotatable bonds is 6. The van der Waals surface area contributed by atoms with E-state index in [1.165, 1.54) is 0 Å². The molecule has 1 saturated heterocycles. The van der Waals surface area contributed by atoms with Gasteiger partial charge < -0.3 is 9.64 Å². The Labute approximate surface area is 215 Å². The third-order valence-electron chi connectivity index (χ3n) is 6.94. The molecule has 8 nitrogen and oxygen atoms in total. The van der Waals surface area contributed by atoms with Crippen LogP contribution in [-0.4, -0.2) is 55.4 Å². The van der Waals surface area contributed by atoms with Gasteiger partial charge in [0.15, 0.2) is 5.65 Å². The Bertz CT molecular complexity index is 1540. The largest absolute Gasteiger partial charge is 0.497 e. The summed E-state index contributed by atoms with van der Waals surface area (Å²) in [6.45, 7) is 1.88.